The van der Waals surface area contributed by atoms with Gasteiger partial charge in [-0.2, -0.15) is 0 Å². The van der Waals surface area contributed by atoms with Crippen LogP contribution in [-0.2, 0) is 13.0 Å². The fourth-order valence-corrected chi connectivity index (χ4v) is 6.04. The third kappa shape index (κ3) is 3.83. The number of aromatic hydroxyl groups is 1. The minimum Gasteiger partial charge on any atom is -0.505 e. The molecule has 1 saturated carbocycles. The first kappa shape index (κ1) is 23.0. The Morgan fingerprint density at radius 1 is 1.17 bits per heavy atom. The Labute approximate surface area is 216 Å². The van der Waals surface area contributed by atoms with Crippen LogP contribution in [0.1, 0.15) is 42.4 Å². The maximum atomic E-state index is 14.1. The number of halogens is 1. The molecule has 0 radical (unpaired) electrons. The van der Waals surface area contributed by atoms with E-state index in [2.05, 4.69) is 30.1 Å². The second-order valence-electron chi connectivity index (χ2n) is 9.14. The Morgan fingerprint density at radius 2 is 1.97 bits per heavy atom. The molecule has 3 heterocycles. The van der Waals surface area contributed by atoms with Crippen LogP contribution in [0.4, 0.5) is 0 Å². The van der Waals surface area contributed by atoms with Gasteiger partial charge < -0.3 is 9.84 Å². The normalized spacial score (nSPS) is 13.5. The topological polar surface area (TPSA) is 77.2 Å². The van der Waals surface area contributed by atoms with Gasteiger partial charge in [0.1, 0.15) is 10.7 Å². The number of hydrogen-bond donors (Lipinski definition) is 1. The summed E-state index contributed by atoms with van der Waals surface area (Å²) in [6.07, 6.45) is 4.96. The van der Waals surface area contributed by atoms with Crippen molar-refractivity contribution in [3.63, 3.8) is 0 Å². The lowest BCUT2D eigenvalue weighted by molar-refractivity contribution is 0.397. The van der Waals surface area contributed by atoms with Crippen LogP contribution in [0.25, 0.3) is 31.7 Å². The number of thiophene rings is 1. The summed E-state index contributed by atoms with van der Waals surface area (Å²) in [6, 6.07) is 13.6. The molecule has 1 N–H and O–H groups in total. The zero-order valence-corrected chi connectivity index (χ0v) is 21.5. The van der Waals surface area contributed by atoms with Crippen LogP contribution in [0.5, 0.6) is 11.6 Å². The molecule has 0 spiro atoms. The van der Waals surface area contributed by atoms with Gasteiger partial charge in [0.05, 0.1) is 28.8 Å². The maximum absolute atomic E-state index is 14.1. The molecule has 6 nitrogen and oxygen atoms in total. The highest BCUT2D eigenvalue weighted by molar-refractivity contribution is 7.25. The largest absolute Gasteiger partial charge is 0.505 e. The molecular formula is C28H24ClN3O3S. The minimum atomic E-state index is -0.153. The highest BCUT2D eigenvalue weighted by Crippen LogP contribution is 2.45. The molecule has 3 aromatic heterocycles. The van der Waals surface area contributed by atoms with E-state index >= 15 is 0 Å². The molecule has 2 aromatic carbocycles. The maximum Gasteiger partial charge on any atom is 0.263 e. The first-order chi connectivity index (χ1) is 17.5. The number of aromatic nitrogens is 3. The summed E-state index contributed by atoms with van der Waals surface area (Å²) in [6.45, 7) is 2.46. The van der Waals surface area contributed by atoms with E-state index in [1.54, 1.807) is 36.1 Å². The predicted molar refractivity (Wildman–Crippen MR) is 145 cm³/mol. The van der Waals surface area contributed by atoms with Gasteiger partial charge in [0.2, 0.25) is 5.88 Å². The van der Waals surface area contributed by atoms with E-state index in [9.17, 15) is 9.90 Å². The minimum absolute atomic E-state index is 0.0185. The standard InChI is InChI=1S/C28H24ClN3O3S/c1-3-15-4-8-18(20(12-15)17-6-7-17)26-31-27-23(19-9-10-21(29)24(33)25(19)36-27)28(34)32(26)14-16-5-11-22(35-2)30-13-16/h4-5,8-13,17,33H,3,6-7,14H2,1-2H3. The molecule has 1 aliphatic rings. The van der Waals surface area contributed by atoms with Crippen molar-refractivity contribution in [2.24, 2.45) is 0 Å². The summed E-state index contributed by atoms with van der Waals surface area (Å²) in [5.74, 6) is 1.61. The predicted octanol–water partition coefficient (Wildman–Crippen LogP) is 6.53. The van der Waals surface area contributed by atoms with E-state index < -0.39 is 0 Å². The average Bonchev–Trinajstić information content (AvgIpc) is 3.68. The zero-order valence-electron chi connectivity index (χ0n) is 19.9. The number of aryl methyl sites for hydroxylation is 1. The molecular weight excluding hydrogens is 494 g/mol. The second kappa shape index (κ2) is 8.91. The Kier molecular flexibility index (Phi) is 5.69. The number of ether oxygens (including phenoxy) is 1. The smallest absolute Gasteiger partial charge is 0.263 e. The molecule has 36 heavy (non-hydrogen) atoms. The van der Waals surface area contributed by atoms with Gasteiger partial charge in [0, 0.05) is 23.2 Å². The summed E-state index contributed by atoms with van der Waals surface area (Å²) in [7, 11) is 1.57. The molecule has 0 aliphatic heterocycles. The molecule has 0 bridgehead atoms. The molecule has 1 fully saturated rings. The Morgan fingerprint density at radius 3 is 2.67 bits per heavy atom. The molecule has 182 valence electrons. The van der Waals surface area contributed by atoms with Gasteiger partial charge in [0.25, 0.3) is 5.56 Å². The fraction of sp³-hybridized carbons (Fsp3) is 0.250. The highest BCUT2D eigenvalue weighted by Gasteiger charge is 2.29. The van der Waals surface area contributed by atoms with Gasteiger partial charge in [-0.25, -0.2) is 9.97 Å². The SMILES string of the molecule is CCc1ccc(-c2nc3sc4c(O)c(Cl)ccc4c3c(=O)n2Cc2ccc(OC)nc2)c(C2CC2)c1. The van der Waals surface area contributed by atoms with Crippen molar-refractivity contribution < 1.29 is 9.84 Å². The lowest BCUT2D eigenvalue weighted by Crippen LogP contribution is -2.24. The third-order valence-corrected chi connectivity index (χ3v) is 8.23. The third-order valence-electron chi connectivity index (χ3n) is 6.82. The number of methoxy groups -OCH3 is 1. The number of benzene rings is 2. The van der Waals surface area contributed by atoms with Crippen molar-refractivity contribution in [2.45, 2.75) is 38.6 Å². The summed E-state index contributed by atoms with van der Waals surface area (Å²) < 4.78 is 7.50. The van der Waals surface area contributed by atoms with E-state index in [-0.39, 0.29) is 16.3 Å². The number of pyridine rings is 1. The van der Waals surface area contributed by atoms with Crippen molar-refractivity contribution in [2.75, 3.05) is 7.11 Å². The van der Waals surface area contributed by atoms with Crippen molar-refractivity contribution >= 4 is 43.2 Å². The number of phenolic OH excluding ortho intramolecular Hbond substituents is 1. The molecule has 0 amide bonds. The lowest BCUT2D eigenvalue weighted by atomic mass is 9.98. The summed E-state index contributed by atoms with van der Waals surface area (Å²) in [5, 5.41) is 12.0. The number of nitrogens with zero attached hydrogens (tertiary/aromatic N) is 3. The van der Waals surface area contributed by atoms with Gasteiger partial charge >= 0.3 is 0 Å². The first-order valence-electron chi connectivity index (χ1n) is 11.9. The van der Waals surface area contributed by atoms with Gasteiger partial charge in [-0.3, -0.25) is 9.36 Å². The molecule has 0 atom stereocenters. The summed E-state index contributed by atoms with van der Waals surface area (Å²) >= 11 is 7.47. The van der Waals surface area contributed by atoms with Gasteiger partial charge in [-0.1, -0.05) is 48.9 Å². The molecule has 0 saturated heterocycles. The molecule has 1 aliphatic carbocycles. The van der Waals surface area contributed by atoms with Crippen LogP contribution in [0, 0.1) is 0 Å². The van der Waals surface area contributed by atoms with Crippen LogP contribution in [0.3, 0.4) is 0 Å². The second-order valence-corrected chi connectivity index (χ2v) is 10.5. The van der Waals surface area contributed by atoms with Crippen molar-refractivity contribution in [3.05, 3.63) is 80.7 Å². The fourth-order valence-electron chi connectivity index (χ4n) is 4.71. The van der Waals surface area contributed by atoms with Crippen LogP contribution < -0.4 is 10.3 Å². The Hall–Kier alpha value is -3.42. The number of hydrogen-bond acceptors (Lipinski definition) is 6. The Balaban J connectivity index is 1.64. The van der Waals surface area contributed by atoms with Crippen LogP contribution in [0.2, 0.25) is 5.02 Å². The number of rotatable bonds is 6. The van der Waals surface area contributed by atoms with E-state index in [1.165, 1.54) is 22.5 Å². The number of phenols is 1. The van der Waals surface area contributed by atoms with Crippen LogP contribution in [0.15, 0.2) is 53.5 Å². The van der Waals surface area contributed by atoms with Crippen molar-refractivity contribution in [1.29, 1.82) is 0 Å². The van der Waals surface area contributed by atoms with E-state index in [1.807, 2.05) is 6.07 Å². The highest BCUT2D eigenvalue weighted by atomic mass is 35.5. The average molecular weight is 518 g/mol. The molecule has 6 rings (SSSR count). The van der Waals surface area contributed by atoms with E-state index in [4.69, 9.17) is 21.3 Å². The molecule has 8 heteroatoms. The van der Waals surface area contributed by atoms with E-state index in [0.29, 0.717) is 44.5 Å². The first-order valence-corrected chi connectivity index (χ1v) is 13.1. The van der Waals surface area contributed by atoms with Gasteiger partial charge in [-0.05, 0) is 47.9 Å². The number of fused-ring (bicyclic) bond motifs is 3. The molecule has 0 unspecified atom stereocenters. The summed E-state index contributed by atoms with van der Waals surface area (Å²) in [4.78, 5) is 24.1. The van der Waals surface area contributed by atoms with Crippen LogP contribution >= 0.6 is 22.9 Å². The van der Waals surface area contributed by atoms with Gasteiger partial charge in [-0.15, -0.1) is 11.3 Å². The molecule has 5 aromatic rings. The van der Waals surface area contributed by atoms with Crippen molar-refractivity contribution in [1.82, 2.24) is 14.5 Å². The quantitative estimate of drug-likeness (QED) is 0.277. The lowest BCUT2D eigenvalue weighted by Gasteiger charge is -2.16. The zero-order chi connectivity index (χ0) is 25.0. The van der Waals surface area contributed by atoms with E-state index in [0.717, 1.165) is 30.4 Å². The van der Waals surface area contributed by atoms with Crippen LogP contribution in [-0.4, -0.2) is 26.8 Å². The summed E-state index contributed by atoms with van der Waals surface area (Å²) in [5.41, 5.74) is 4.21. The van der Waals surface area contributed by atoms with Gasteiger partial charge in [0.15, 0.2) is 5.75 Å². The Bertz CT molecular complexity index is 1690. The van der Waals surface area contributed by atoms with Crippen molar-refractivity contribution in [3.8, 4) is 23.0 Å². The monoisotopic (exact) mass is 517 g/mol.